The Morgan fingerprint density at radius 1 is 0.919 bits per heavy atom. The van der Waals surface area contributed by atoms with Gasteiger partial charge in [-0.3, -0.25) is 0 Å². The number of benzene rings is 3. The van der Waals surface area contributed by atoms with Crippen LogP contribution in [-0.4, -0.2) is 20.0 Å². The molecule has 0 aliphatic rings. The average molecular weight is 608 g/mol. The van der Waals surface area contributed by atoms with E-state index in [1.165, 1.54) is 12.1 Å². The van der Waals surface area contributed by atoms with E-state index in [4.69, 9.17) is 32.7 Å². The minimum Gasteiger partial charge on any atom is -0.415 e. The van der Waals surface area contributed by atoms with Crippen LogP contribution in [0.5, 0.6) is 0 Å². The molecular formula is C26H16BrCl2F3N4O. The highest BCUT2D eigenvalue weighted by atomic mass is 79.9. The van der Waals surface area contributed by atoms with Gasteiger partial charge in [0.2, 0.25) is 5.89 Å². The molecule has 5 aromatic rings. The molecule has 0 saturated carbocycles. The van der Waals surface area contributed by atoms with E-state index in [9.17, 15) is 13.2 Å². The lowest BCUT2D eigenvalue weighted by molar-refractivity contribution is -0.137. The van der Waals surface area contributed by atoms with E-state index >= 15 is 0 Å². The Hall–Kier alpha value is -3.14. The van der Waals surface area contributed by atoms with Crippen molar-refractivity contribution >= 4 is 39.1 Å². The van der Waals surface area contributed by atoms with Gasteiger partial charge >= 0.3 is 6.18 Å². The molecule has 0 fully saturated rings. The molecule has 0 radical (unpaired) electrons. The molecule has 0 saturated heterocycles. The fraction of sp³-hybridized carbons (Fsp3) is 0.115. The summed E-state index contributed by atoms with van der Waals surface area (Å²) in [5.41, 5.74) is 2.75. The van der Waals surface area contributed by atoms with Gasteiger partial charge in [-0.2, -0.15) is 18.3 Å². The number of halogens is 6. The summed E-state index contributed by atoms with van der Waals surface area (Å²) in [6.45, 7) is 1.96. The Bertz CT molecular complexity index is 1600. The van der Waals surface area contributed by atoms with Gasteiger partial charge in [-0.15, -0.1) is 10.2 Å². The standard InChI is InChI=1S/C26H16BrCl2F3N4O/c1-2-19-22(25-34-33-24(37-25)15-4-3-5-16(12-15)26(30,31)32)35-36(21-11-10-18(28)13-20(21)29)23(19)14-6-8-17(27)9-7-14/h3-13H,2H2,1H3. The van der Waals surface area contributed by atoms with Gasteiger partial charge in [-0.1, -0.05) is 64.3 Å². The Morgan fingerprint density at radius 3 is 2.32 bits per heavy atom. The zero-order valence-electron chi connectivity index (χ0n) is 19.0. The Morgan fingerprint density at radius 2 is 1.65 bits per heavy atom. The topological polar surface area (TPSA) is 56.7 Å². The van der Waals surface area contributed by atoms with E-state index in [2.05, 4.69) is 26.1 Å². The lowest BCUT2D eigenvalue weighted by atomic mass is 10.0. The van der Waals surface area contributed by atoms with Gasteiger partial charge in [0.1, 0.15) is 0 Å². The SMILES string of the molecule is CCc1c(-c2nnc(-c3cccc(C(F)(F)F)c3)o2)nn(-c2ccc(Cl)cc2Cl)c1-c1ccc(Br)cc1. The predicted octanol–water partition coefficient (Wildman–Crippen LogP) is 8.91. The molecule has 0 amide bonds. The Labute approximate surface area is 228 Å². The van der Waals surface area contributed by atoms with E-state index in [1.54, 1.807) is 22.9 Å². The third-order valence-electron chi connectivity index (χ3n) is 5.66. The molecule has 188 valence electrons. The summed E-state index contributed by atoms with van der Waals surface area (Å²) in [5.74, 6) is 0.0267. The van der Waals surface area contributed by atoms with Gasteiger partial charge in [-0.05, 0) is 55.0 Å². The van der Waals surface area contributed by atoms with Crippen LogP contribution >= 0.6 is 39.1 Å². The monoisotopic (exact) mass is 606 g/mol. The molecule has 3 aromatic carbocycles. The molecule has 0 atom stereocenters. The first-order valence-corrected chi connectivity index (χ1v) is 12.6. The lowest BCUT2D eigenvalue weighted by Gasteiger charge is -2.11. The van der Waals surface area contributed by atoms with Crippen LogP contribution < -0.4 is 0 Å². The molecule has 2 heterocycles. The van der Waals surface area contributed by atoms with Crippen molar-refractivity contribution in [2.24, 2.45) is 0 Å². The van der Waals surface area contributed by atoms with Crippen molar-refractivity contribution in [2.75, 3.05) is 0 Å². The number of rotatable bonds is 5. The molecule has 0 bridgehead atoms. The zero-order valence-corrected chi connectivity index (χ0v) is 22.1. The van der Waals surface area contributed by atoms with Crippen LogP contribution in [0, 0.1) is 0 Å². The van der Waals surface area contributed by atoms with Crippen molar-refractivity contribution in [2.45, 2.75) is 19.5 Å². The van der Waals surface area contributed by atoms with Crippen molar-refractivity contribution in [3.8, 4) is 40.0 Å². The van der Waals surface area contributed by atoms with Gasteiger partial charge in [0.25, 0.3) is 5.89 Å². The summed E-state index contributed by atoms with van der Waals surface area (Å²) >= 11 is 16.1. The van der Waals surface area contributed by atoms with Crippen molar-refractivity contribution in [1.29, 1.82) is 0 Å². The normalized spacial score (nSPS) is 11.8. The summed E-state index contributed by atoms with van der Waals surface area (Å²) < 4.78 is 48.1. The van der Waals surface area contributed by atoms with Gasteiger partial charge in [0.15, 0.2) is 5.69 Å². The third-order valence-corrected chi connectivity index (χ3v) is 6.72. The highest BCUT2D eigenvalue weighted by Gasteiger charge is 2.31. The first-order valence-electron chi connectivity index (χ1n) is 11.0. The maximum absolute atomic E-state index is 13.2. The summed E-state index contributed by atoms with van der Waals surface area (Å²) in [7, 11) is 0. The molecule has 0 spiro atoms. The number of nitrogens with zero attached hydrogens (tertiary/aromatic N) is 4. The maximum atomic E-state index is 13.2. The van der Waals surface area contributed by atoms with Gasteiger partial charge in [-0.25, -0.2) is 4.68 Å². The van der Waals surface area contributed by atoms with Crippen molar-refractivity contribution in [3.05, 3.63) is 92.4 Å². The Kier molecular flexibility index (Phi) is 6.87. The molecule has 37 heavy (non-hydrogen) atoms. The second-order valence-corrected chi connectivity index (χ2v) is 9.79. The van der Waals surface area contributed by atoms with E-state index in [0.29, 0.717) is 27.8 Å². The van der Waals surface area contributed by atoms with Gasteiger partial charge in [0, 0.05) is 26.2 Å². The smallest absolute Gasteiger partial charge is 0.415 e. The number of hydrogen-bond acceptors (Lipinski definition) is 4. The van der Waals surface area contributed by atoms with Crippen LogP contribution in [0.4, 0.5) is 13.2 Å². The van der Waals surface area contributed by atoms with E-state index < -0.39 is 11.7 Å². The van der Waals surface area contributed by atoms with Crippen molar-refractivity contribution in [1.82, 2.24) is 20.0 Å². The molecule has 0 aliphatic carbocycles. The number of aromatic nitrogens is 4. The maximum Gasteiger partial charge on any atom is 0.416 e. The van der Waals surface area contributed by atoms with E-state index in [0.717, 1.165) is 33.4 Å². The molecule has 5 rings (SSSR count). The van der Waals surface area contributed by atoms with Crippen LogP contribution in [0.1, 0.15) is 18.1 Å². The highest BCUT2D eigenvalue weighted by molar-refractivity contribution is 9.10. The first kappa shape index (κ1) is 25.5. The molecule has 0 unspecified atom stereocenters. The fourth-order valence-electron chi connectivity index (χ4n) is 3.95. The summed E-state index contributed by atoms with van der Waals surface area (Å²) in [4.78, 5) is 0. The van der Waals surface area contributed by atoms with E-state index in [1.807, 2.05) is 31.2 Å². The summed E-state index contributed by atoms with van der Waals surface area (Å²) in [6, 6.07) is 17.5. The van der Waals surface area contributed by atoms with E-state index in [-0.39, 0.29) is 17.3 Å². The minimum absolute atomic E-state index is 0.0487. The molecule has 5 nitrogen and oxygen atoms in total. The highest BCUT2D eigenvalue weighted by Crippen LogP contribution is 2.38. The summed E-state index contributed by atoms with van der Waals surface area (Å²) in [5, 5.41) is 13.8. The lowest BCUT2D eigenvalue weighted by Crippen LogP contribution is -2.04. The molecule has 0 aliphatic heterocycles. The fourth-order valence-corrected chi connectivity index (χ4v) is 4.71. The number of hydrogen-bond donors (Lipinski definition) is 0. The number of alkyl halides is 3. The van der Waals surface area contributed by atoms with Crippen LogP contribution in [0.3, 0.4) is 0 Å². The first-order chi connectivity index (χ1) is 17.7. The summed E-state index contributed by atoms with van der Waals surface area (Å²) in [6.07, 6.45) is -3.95. The second kappa shape index (κ2) is 9.96. The van der Waals surface area contributed by atoms with Crippen LogP contribution in [0.25, 0.3) is 40.0 Å². The average Bonchev–Trinajstić information content (AvgIpc) is 3.49. The largest absolute Gasteiger partial charge is 0.416 e. The minimum atomic E-state index is -4.50. The van der Waals surface area contributed by atoms with Crippen LogP contribution in [0.2, 0.25) is 10.0 Å². The Balaban J connectivity index is 1.68. The second-order valence-electron chi connectivity index (χ2n) is 8.03. The van der Waals surface area contributed by atoms with Crippen molar-refractivity contribution < 1.29 is 17.6 Å². The molecule has 11 heteroatoms. The third kappa shape index (κ3) is 5.03. The zero-order chi connectivity index (χ0) is 26.3. The van der Waals surface area contributed by atoms with Gasteiger partial charge < -0.3 is 4.42 Å². The predicted molar refractivity (Wildman–Crippen MR) is 140 cm³/mol. The molecule has 2 aromatic heterocycles. The molecular weight excluding hydrogens is 592 g/mol. The quantitative estimate of drug-likeness (QED) is 0.200. The van der Waals surface area contributed by atoms with Crippen molar-refractivity contribution in [3.63, 3.8) is 0 Å². The van der Waals surface area contributed by atoms with Crippen LogP contribution in [-0.2, 0) is 12.6 Å². The van der Waals surface area contributed by atoms with Crippen LogP contribution in [0.15, 0.2) is 75.6 Å². The molecule has 0 N–H and O–H groups in total. The van der Waals surface area contributed by atoms with Gasteiger partial charge in [0.05, 0.1) is 22.0 Å².